The molecule has 5 unspecified atom stereocenters. The lowest BCUT2D eigenvalue weighted by atomic mass is 10.1. The first-order valence-corrected chi connectivity index (χ1v) is 39.8. The van der Waals surface area contributed by atoms with Crippen molar-refractivity contribution in [2.75, 3.05) is 39.6 Å². The molecule has 0 saturated carbocycles. The van der Waals surface area contributed by atoms with Crippen LogP contribution in [0.3, 0.4) is 0 Å². The maximum atomic E-state index is 12.9. The highest BCUT2D eigenvalue weighted by Crippen LogP contribution is 2.45. The van der Waals surface area contributed by atoms with Crippen LogP contribution in [0.4, 0.5) is 0 Å². The Hall–Kier alpha value is -4.83. The van der Waals surface area contributed by atoms with Crippen molar-refractivity contribution in [3.63, 3.8) is 0 Å². The third-order valence-corrected chi connectivity index (χ3v) is 16.6. The largest absolute Gasteiger partial charge is 0.472 e. The molecule has 0 saturated heterocycles. The maximum Gasteiger partial charge on any atom is 0.472 e. The Morgan fingerprint density at radius 1 is 0.299 bits per heavy atom. The van der Waals surface area contributed by atoms with Gasteiger partial charge in [0.15, 0.2) is 6.10 Å². The van der Waals surface area contributed by atoms with Crippen LogP contribution in [0.25, 0.3) is 0 Å². The number of esters is 3. The summed E-state index contributed by atoms with van der Waals surface area (Å²) in [7, 11) is -9.81. The Balaban J connectivity index is 4.63. The molecular weight excluding hydrogens is 1270 g/mol. The van der Waals surface area contributed by atoms with Gasteiger partial charge in [0.1, 0.15) is 25.4 Å². The van der Waals surface area contributed by atoms with Gasteiger partial charge in [0, 0.05) is 19.3 Å². The number of carbonyl (C=O) groups excluding carboxylic acids is 3. The summed E-state index contributed by atoms with van der Waals surface area (Å²) in [5.41, 5.74) is 0. The third-order valence-electron chi connectivity index (χ3n) is 14.7. The van der Waals surface area contributed by atoms with E-state index in [1.54, 1.807) is 0 Å². The number of aliphatic hydroxyl groups is 2. The molecule has 0 aliphatic heterocycles. The Bertz CT molecular complexity index is 2400. The van der Waals surface area contributed by atoms with Crippen LogP contribution in [0.2, 0.25) is 0 Å². The number of rotatable bonds is 68. The van der Waals surface area contributed by atoms with Gasteiger partial charge in [-0.15, -0.1) is 0 Å². The third kappa shape index (κ3) is 72.2. The molecule has 0 aromatic heterocycles. The van der Waals surface area contributed by atoms with Gasteiger partial charge in [0.2, 0.25) is 0 Å². The molecule has 0 heterocycles. The van der Waals surface area contributed by atoms with Crippen LogP contribution in [0.15, 0.2) is 158 Å². The second-order valence-corrected chi connectivity index (χ2v) is 26.9. The van der Waals surface area contributed by atoms with Gasteiger partial charge >= 0.3 is 33.6 Å². The van der Waals surface area contributed by atoms with Gasteiger partial charge in [0.05, 0.1) is 26.4 Å². The van der Waals surface area contributed by atoms with Crippen molar-refractivity contribution in [3.05, 3.63) is 158 Å². The van der Waals surface area contributed by atoms with E-state index in [0.29, 0.717) is 19.3 Å². The molecule has 0 radical (unpaired) electrons. The average Bonchev–Trinajstić information content (AvgIpc) is 1.86. The fourth-order valence-electron chi connectivity index (χ4n) is 9.16. The van der Waals surface area contributed by atoms with Crippen molar-refractivity contribution in [2.24, 2.45) is 0 Å². The molecule has 16 nitrogen and oxygen atoms in total. The highest BCUT2D eigenvalue weighted by atomic mass is 31.2. The second kappa shape index (κ2) is 71.0. The van der Waals surface area contributed by atoms with Crippen molar-refractivity contribution in [3.8, 4) is 0 Å². The number of ether oxygens (including phenoxy) is 3. The molecule has 552 valence electrons. The normalized spacial score (nSPS) is 15.0. The van der Waals surface area contributed by atoms with E-state index in [1.807, 2.05) is 0 Å². The summed E-state index contributed by atoms with van der Waals surface area (Å²) in [6.45, 7) is 2.33. The molecule has 0 aliphatic carbocycles. The van der Waals surface area contributed by atoms with Gasteiger partial charge in [-0.05, 0) is 148 Å². The predicted molar refractivity (Wildman–Crippen MR) is 399 cm³/mol. The minimum absolute atomic E-state index is 0.0759. The van der Waals surface area contributed by atoms with Crippen LogP contribution >= 0.6 is 15.6 Å². The van der Waals surface area contributed by atoms with Crippen LogP contribution < -0.4 is 0 Å². The van der Waals surface area contributed by atoms with E-state index in [0.717, 1.165) is 167 Å². The van der Waals surface area contributed by atoms with Gasteiger partial charge in [-0.25, -0.2) is 9.13 Å². The van der Waals surface area contributed by atoms with Crippen molar-refractivity contribution in [1.29, 1.82) is 0 Å². The fourth-order valence-corrected chi connectivity index (χ4v) is 10.7. The quantitative estimate of drug-likeness (QED) is 0.0146. The predicted octanol–water partition coefficient (Wildman–Crippen LogP) is 21.1. The van der Waals surface area contributed by atoms with Crippen LogP contribution in [-0.2, 0) is 55.8 Å². The fraction of sp³-hybridized carbons (Fsp3) is 0.633. The SMILES string of the molecule is CC/C=C\C/C=C\C/C=C\C/C=C\C/C=C\C/C=C\CCCCCCCCCCC(=O)OCC(O)COP(=O)(O)OCC(O)COP(=O)(O)OCC(COC(=O)CCCCC/C=C\C/C=C\C/C=C\C/C=C\C/C=C\CC)OC(=O)CCCCCCC/C=C\C/C=C\CCCCC. The Morgan fingerprint density at radius 3 is 0.876 bits per heavy atom. The molecule has 0 aliphatic rings. The minimum atomic E-state index is -4.94. The zero-order chi connectivity index (χ0) is 70.9. The number of aliphatic hydroxyl groups excluding tert-OH is 2. The zero-order valence-electron chi connectivity index (χ0n) is 59.9. The second-order valence-electron chi connectivity index (χ2n) is 24.0. The summed E-state index contributed by atoms with van der Waals surface area (Å²) in [6.07, 6.45) is 87.2. The van der Waals surface area contributed by atoms with E-state index in [1.165, 1.54) is 38.5 Å². The number of allylic oxidation sites excluding steroid dienone is 26. The number of phosphoric acid groups is 2. The van der Waals surface area contributed by atoms with Crippen molar-refractivity contribution in [2.45, 2.75) is 283 Å². The zero-order valence-corrected chi connectivity index (χ0v) is 61.7. The lowest BCUT2D eigenvalue weighted by Gasteiger charge is -2.21. The number of phosphoric ester groups is 2. The standard InChI is InChI=1S/C79H130O16P2/c1-4-7-10-13-16-19-22-25-28-30-32-33-34-35-36-37-38-39-41-43-45-47-50-53-56-59-62-65-77(82)89-68-74(80)69-91-96(85,86)92-70-75(81)71-93-97(87,88)94-73-76(95-79(84)67-64-61-58-55-52-49-44-27-24-21-18-15-12-9-6-3)72-90-78(83)66-63-60-57-54-51-48-46-42-40-31-29-26-23-20-17-14-11-8-5-2/h7-8,10-11,16-21,25-29,32-33,35-36,38-40,42,44,48,51,74-76,80-81H,4-6,9,12-15,22-24,30-31,34,37,41,43,45-47,49-50,52-73H2,1-3H3,(H,85,86)(H,87,88)/b10-7-,11-8-,19-16-,20-17-,21-18-,28-25-,29-26-,33-32-,36-35-,39-38-,42-40-,44-27-,51-48-. The summed E-state index contributed by atoms with van der Waals surface area (Å²) in [5.74, 6) is -1.65. The topological polar surface area (TPSA) is 231 Å². The van der Waals surface area contributed by atoms with Crippen LogP contribution in [0, 0.1) is 0 Å². The lowest BCUT2D eigenvalue weighted by molar-refractivity contribution is -0.161. The molecule has 0 bridgehead atoms. The van der Waals surface area contributed by atoms with E-state index >= 15 is 0 Å². The molecule has 4 N–H and O–H groups in total. The summed E-state index contributed by atoms with van der Waals surface area (Å²) >= 11 is 0. The smallest absolute Gasteiger partial charge is 0.463 e. The molecule has 18 heteroatoms. The van der Waals surface area contributed by atoms with E-state index in [4.69, 9.17) is 32.3 Å². The van der Waals surface area contributed by atoms with Gasteiger partial charge in [-0.1, -0.05) is 256 Å². The molecule has 0 spiro atoms. The molecule has 97 heavy (non-hydrogen) atoms. The summed E-state index contributed by atoms with van der Waals surface area (Å²) < 4.78 is 61.0. The first-order valence-electron chi connectivity index (χ1n) is 36.8. The number of carbonyl (C=O) groups is 3. The van der Waals surface area contributed by atoms with Crippen molar-refractivity contribution < 1.29 is 75.8 Å². The average molecular weight is 1400 g/mol. The first-order chi connectivity index (χ1) is 47.2. The molecule has 0 rings (SSSR count). The minimum Gasteiger partial charge on any atom is -0.463 e. The lowest BCUT2D eigenvalue weighted by Crippen LogP contribution is -2.30. The van der Waals surface area contributed by atoms with Crippen LogP contribution in [0.1, 0.15) is 265 Å². The Kier molecular flexibility index (Phi) is 67.5. The highest BCUT2D eigenvalue weighted by Gasteiger charge is 2.29. The number of unbranched alkanes of at least 4 members (excludes halogenated alkanes) is 19. The highest BCUT2D eigenvalue weighted by molar-refractivity contribution is 7.47. The molecule has 0 amide bonds. The Labute approximate surface area is 587 Å². The summed E-state index contributed by atoms with van der Waals surface area (Å²) in [5, 5.41) is 20.6. The van der Waals surface area contributed by atoms with Crippen LogP contribution in [-0.4, -0.2) is 95.9 Å². The monoisotopic (exact) mass is 1400 g/mol. The molecular formula is C79H130O16P2. The van der Waals surface area contributed by atoms with Gasteiger partial charge < -0.3 is 34.2 Å². The van der Waals surface area contributed by atoms with Crippen molar-refractivity contribution in [1.82, 2.24) is 0 Å². The molecule has 0 aromatic carbocycles. The van der Waals surface area contributed by atoms with Gasteiger partial charge in [-0.3, -0.25) is 32.5 Å². The maximum absolute atomic E-state index is 12.9. The molecule has 0 fully saturated rings. The Morgan fingerprint density at radius 2 is 0.546 bits per heavy atom. The van der Waals surface area contributed by atoms with E-state index in [-0.39, 0.29) is 19.3 Å². The van der Waals surface area contributed by atoms with E-state index < -0.39 is 91.5 Å². The van der Waals surface area contributed by atoms with E-state index in [9.17, 15) is 43.5 Å². The number of hydrogen-bond donors (Lipinski definition) is 4. The first kappa shape index (κ1) is 92.2. The van der Waals surface area contributed by atoms with E-state index in [2.05, 4.69) is 179 Å². The van der Waals surface area contributed by atoms with Crippen LogP contribution in [0.5, 0.6) is 0 Å². The number of hydrogen-bond acceptors (Lipinski definition) is 14. The molecule has 5 atom stereocenters. The van der Waals surface area contributed by atoms with Gasteiger partial charge in [-0.2, -0.15) is 0 Å². The summed E-state index contributed by atoms with van der Waals surface area (Å²) in [4.78, 5) is 58.5. The summed E-state index contributed by atoms with van der Waals surface area (Å²) in [6, 6.07) is 0. The van der Waals surface area contributed by atoms with Gasteiger partial charge in [0.25, 0.3) is 0 Å². The van der Waals surface area contributed by atoms with Crippen molar-refractivity contribution >= 4 is 33.6 Å². The molecule has 0 aromatic rings.